The van der Waals surface area contributed by atoms with Gasteiger partial charge >= 0.3 is 0 Å². The van der Waals surface area contributed by atoms with Crippen LogP contribution < -0.4 is 11.3 Å². The van der Waals surface area contributed by atoms with Gasteiger partial charge in [-0.2, -0.15) is 0 Å². The number of aryl methyl sites for hydroxylation is 2. The Bertz CT molecular complexity index is 1120. The third-order valence-corrected chi connectivity index (χ3v) is 6.67. The Kier molecular flexibility index (Phi) is 6.46. The van der Waals surface area contributed by atoms with Crippen LogP contribution >= 0.6 is 11.3 Å². The van der Waals surface area contributed by atoms with Crippen molar-refractivity contribution >= 4 is 27.5 Å². The van der Waals surface area contributed by atoms with E-state index in [0.717, 1.165) is 28.2 Å². The number of benzene rings is 1. The third-order valence-electron chi connectivity index (χ3n) is 5.45. The maximum absolute atomic E-state index is 13.5. The van der Waals surface area contributed by atoms with Crippen LogP contribution in [0.1, 0.15) is 63.7 Å². The minimum Gasteiger partial charge on any atom is -0.370 e. The number of primary amides is 1. The van der Waals surface area contributed by atoms with E-state index < -0.39 is 0 Å². The van der Waals surface area contributed by atoms with Crippen LogP contribution in [0.5, 0.6) is 0 Å². The maximum atomic E-state index is 13.5. The quantitative estimate of drug-likeness (QED) is 0.590. The van der Waals surface area contributed by atoms with Crippen molar-refractivity contribution in [1.29, 1.82) is 0 Å². The van der Waals surface area contributed by atoms with Crippen LogP contribution in [0.4, 0.5) is 0 Å². The molecule has 30 heavy (non-hydrogen) atoms. The lowest BCUT2D eigenvalue weighted by molar-refractivity contribution is -0.118. The molecule has 160 valence electrons. The molecule has 0 spiro atoms. The molecule has 5 nitrogen and oxygen atoms in total. The van der Waals surface area contributed by atoms with Crippen LogP contribution in [0.15, 0.2) is 29.1 Å². The maximum Gasteiger partial charge on any atom is 0.262 e. The molecule has 0 aliphatic heterocycles. The fourth-order valence-corrected chi connectivity index (χ4v) is 4.92. The van der Waals surface area contributed by atoms with E-state index in [4.69, 9.17) is 10.7 Å². The summed E-state index contributed by atoms with van der Waals surface area (Å²) in [7, 11) is 0. The first-order chi connectivity index (χ1) is 14.2. The number of carbonyl (C=O) groups excluding carboxylic acids is 1. The molecular formula is C24H31N3O2S. The lowest BCUT2D eigenvalue weighted by Crippen LogP contribution is -2.26. The predicted molar refractivity (Wildman–Crippen MR) is 125 cm³/mol. The van der Waals surface area contributed by atoms with Gasteiger partial charge in [0, 0.05) is 29.8 Å². The molecule has 0 saturated carbocycles. The summed E-state index contributed by atoms with van der Waals surface area (Å²) in [5, 5.41) is 0.691. The highest BCUT2D eigenvalue weighted by Crippen LogP contribution is 2.37. The Morgan fingerprint density at radius 1 is 1.13 bits per heavy atom. The first-order valence-corrected chi connectivity index (χ1v) is 11.4. The van der Waals surface area contributed by atoms with E-state index in [1.807, 2.05) is 6.92 Å². The van der Waals surface area contributed by atoms with Gasteiger partial charge in [0.15, 0.2) is 0 Å². The van der Waals surface area contributed by atoms with E-state index in [0.29, 0.717) is 24.8 Å². The Labute approximate surface area is 182 Å². The van der Waals surface area contributed by atoms with Crippen molar-refractivity contribution in [3.8, 4) is 11.1 Å². The second-order valence-corrected chi connectivity index (χ2v) is 9.75. The van der Waals surface area contributed by atoms with Gasteiger partial charge in [-0.25, -0.2) is 4.98 Å². The minimum atomic E-state index is -0.349. The topological polar surface area (TPSA) is 78.0 Å². The number of thiophene rings is 1. The third kappa shape index (κ3) is 4.33. The summed E-state index contributed by atoms with van der Waals surface area (Å²) in [6, 6.07) is 8.53. The molecule has 2 heterocycles. The lowest BCUT2D eigenvalue weighted by Gasteiger charge is -2.19. The summed E-state index contributed by atoms with van der Waals surface area (Å²) >= 11 is 1.61. The Hall–Kier alpha value is -2.47. The molecular weight excluding hydrogens is 394 g/mol. The smallest absolute Gasteiger partial charge is 0.262 e. The highest BCUT2D eigenvalue weighted by atomic mass is 32.1. The van der Waals surface area contributed by atoms with Crippen molar-refractivity contribution in [1.82, 2.24) is 9.55 Å². The average molecular weight is 426 g/mol. The van der Waals surface area contributed by atoms with E-state index in [1.165, 1.54) is 10.4 Å². The highest BCUT2D eigenvalue weighted by molar-refractivity contribution is 7.19. The largest absolute Gasteiger partial charge is 0.370 e. The fourth-order valence-electron chi connectivity index (χ4n) is 3.78. The highest BCUT2D eigenvalue weighted by Gasteiger charge is 2.21. The van der Waals surface area contributed by atoms with Crippen molar-refractivity contribution in [2.75, 3.05) is 0 Å². The molecule has 2 aromatic heterocycles. The molecule has 0 fully saturated rings. The van der Waals surface area contributed by atoms with Crippen LogP contribution in [0.25, 0.3) is 21.3 Å². The number of carbonyl (C=O) groups is 1. The number of aromatic nitrogens is 2. The van der Waals surface area contributed by atoms with Crippen LogP contribution in [0.2, 0.25) is 0 Å². The van der Waals surface area contributed by atoms with E-state index in [1.54, 1.807) is 15.9 Å². The van der Waals surface area contributed by atoms with Crippen molar-refractivity contribution < 1.29 is 4.79 Å². The van der Waals surface area contributed by atoms with Gasteiger partial charge in [0.05, 0.1) is 5.39 Å². The van der Waals surface area contributed by atoms with Gasteiger partial charge in [0.1, 0.15) is 10.7 Å². The summed E-state index contributed by atoms with van der Waals surface area (Å²) in [6.07, 6.45) is 2.31. The first-order valence-electron chi connectivity index (χ1n) is 10.6. The SMILES string of the molecule is CCc1sc2nc(CC)n(CCCC(N)=O)c(=O)c2c1-c1ccc(C(C)(C)C)cc1. The minimum absolute atomic E-state index is 0.0211. The first kappa shape index (κ1) is 22.2. The van der Waals surface area contributed by atoms with E-state index in [2.05, 4.69) is 52.0 Å². The molecule has 3 rings (SSSR count). The number of rotatable bonds is 7. The molecule has 0 aliphatic carbocycles. The molecule has 0 unspecified atom stereocenters. The van der Waals surface area contributed by atoms with Gasteiger partial charge in [0.25, 0.3) is 5.56 Å². The summed E-state index contributed by atoms with van der Waals surface area (Å²) in [4.78, 5) is 31.5. The fraction of sp³-hybridized carbons (Fsp3) is 0.458. The van der Waals surface area contributed by atoms with Crippen LogP contribution in [0, 0.1) is 0 Å². The lowest BCUT2D eigenvalue weighted by atomic mass is 9.86. The molecule has 1 amide bonds. The number of nitrogens with zero attached hydrogens (tertiary/aromatic N) is 2. The average Bonchev–Trinajstić information content (AvgIpc) is 3.07. The molecule has 6 heteroatoms. The summed E-state index contributed by atoms with van der Waals surface area (Å²) in [5.41, 5.74) is 8.65. The second kappa shape index (κ2) is 8.72. The molecule has 0 radical (unpaired) electrons. The zero-order valence-electron chi connectivity index (χ0n) is 18.5. The molecule has 3 aromatic rings. The summed E-state index contributed by atoms with van der Waals surface area (Å²) in [5.74, 6) is 0.411. The van der Waals surface area contributed by atoms with E-state index >= 15 is 0 Å². The standard InChI is InChI=1S/C24H31N3O2S/c1-6-17-20(15-10-12-16(13-11-15)24(3,4)5)21-22(30-17)26-19(7-2)27(23(21)29)14-8-9-18(25)28/h10-13H,6-9,14H2,1-5H3,(H2,25,28). The summed E-state index contributed by atoms with van der Waals surface area (Å²) in [6.45, 7) is 11.2. The van der Waals surface area contributed by atoms with Gasteiger partial charge in [-0.3, -0.25) is 14.2 Å². The van der Waals surface area contributed by atoms with Gasteiger partial charge in [-0.15, -0.1) is 11.3 Å². The number of hydrogen-bond acceptors (Lipinski definition) is 4. The van der Waals surface area contributed by atoms with Gasteiger partial charge in [-0.05, 0) is 29.4 Å². The Morgan fingerprint density at radius 3 is 2.33 bits per heavy atom. The second-order valence-electron chi connectivity index (χ2n) is 8.67. The Morgan fingerprint density at radius 2 is 1.80 bits per heavy atom. The van der Waals surface area contributed by atoms with Crippen LogP contribution in [-0.4, -0.2) is 15.5 Å². The van der Waals surface area contributed by atoms with E-state index in [9.17, 15) is 9.59 Å². The number of fused-ring (bicyclic) bond motifs is 1. The predicted octanol–water partition coefficient (Wildman–Crippen LogP) is 4.81. The van der Waals surface area contributed by atoms with Crippen molar-refractivity contribution in [2.24, 2.45) is 5.73 Å². The number of hydrogen-bond donors (Lipinski definition) is 1. The van der Waals surface area contributed by atoms with Crippen LogP contribution in [0.3, 0.4) is 0 Å². The Balaban J connectivity index is 2.18. The molecule has 0 atom stereocenters. The summed E-state index contributed by atoms with van der Waals surface area (Å²) < 4.78 is 1.73. The van der Waals surface area contributed by atoms with Crippen molar-refractivity contribution in [2.45, 2.75) is 72.3 Å². The van der Waals surface area contributed by atoms with Crippen LogP contribution in [-0.2, 0) is 29.6 Å². The number of nitrogens with two attached hydrogens (primary N) is 1. The molecule has 0 bridgehead atoms. The van der Waals surface area contributed by atoms with Gasteiger partial charge < -0.3 is 5.73 Å². The normalized spacial score (nSPS) is 11.9. The molecule has 0 saturated heterocycles. The monoisotopic (exact) mass is 425 g/mol. The van der Waals surface area contributed by atoms with Crippen molar-refractivity contribution in [3.63, 3.8) is 0 Å². The van der Waals surface area contributed by atoms with Gasteiger partial charge in [0.2, 0.25) is 5.91 Å². The van der Waals surface area contributed by atoms with Crippen molar-refractivity contribution in [3.05, 3.63) is 50.9 Å². The molecule has 1 aromatic carbocycles. The van der Waals surface area contributed by atoms with Gasteiger partial charge in [-0.1, -0.05) is 58.9 Å². The zero-order chi connectivity index (χ0) is 22.1. The number of amides is 1. The molecule has 0 aliphatic rings. The van der Waals surface area contributed by atoms with E-state index in [-0.39, 0.29) is 23.3 Å². The zero-order valence-corrected chi connectivity index (χ0v) is 19.4. The molecule has 2 N–H and O–H groups in total.